The molecule has 72 valence electrons. The van der Waals surface area contributed by atoms with Crippen LogP contribution >= 0.6 is 12.6 Å². The number of methoxy groups -OCH3 is 1. The lowest BCUT2D eigenvalue weighted by molar-refractivity contribution is 0.406. The summed E-state index contributed by atoms with van der Waals surface area (Å²) in [6, 6.07) is 4.25. The van der Waals surface area contributed by atoms with Gasteiger partial charge in [0.2, 0.25) is 0 Å². The highest BCUT2D eigenvalue weighted by Gasteiger charge is 2.10. The summed E-state index contributed by atoms with van der Waals surface area (Å²) in [4.78, 5) is 0. The first-order chi connectivity index (χ1) is 6.06. The zero-order valence-electron chi connectivity index (χ0n) is 8.59. The van der Waals surface area contributed by atoms with Crippen LogP contribution in [0.2, 0.25) is 0 Å². The lowest BCUT2D eigenvalue weighted by atomic mass is 10.0. The summed E-state index contributed by atoms with van der Waals surface area (Å²) in [6.07, 6.45) is 0. The van der Waals surface area contributed by atoms with E-state index in [4.69, 9.17) is 4.74 Å². The monoisotopic (exact) mass is 196 g/mol. The van der Waals surface area contributed by atoms with Crippen molar-refractivity contribution >= 4 is 12.6 Å². The molecule has 0 saturated carbocycles. The molecule has 0 fully saturated rings. The molecule has 1 aromatic carbocycles. The maximum Gasteiger partial charge on any atom is 0.126 e. The van der Waals surface area contributed by atoms with Crippen molar-refractivity contribution in [2.75, 3.05) is 7.11 Å². The first kappa shape index (κ1) is 10.5. The largest absolute Gasteiger partial charge is 0.496 e. The Morgan fingerprint density at radius 1 is 1.31 bits per heavy atom. The Morgan fingerprint density at radius 3 is 2.38 bits per heavy atom. The van der Waals surface area contributed by atoms with Gasteiger partial charge in [0.1, 0.15) is 5.75 Å². The predicted octanol–water partition coefficient (Wildman–Crippen LogP) is 3.30. The number of rotatable bonds is 2. The van der Waals surface area contributed by atoms with Gasteiger partial charge in [0.15, 0.2) is 0 Å². The minimum absolute atomic E-state index is 0.216. The molecule has 1 rings (SSSR count). The summed E-state index contributed by atoms with van der Waals surface area (Å²) in [6.45, 7) is 6.21. The van der Waals surface area contributed by atoms with Crippen molar-refractivity contribution in [3.05, 3.63) is 28.8 Å². The lowest BCUT2D eigenvalue weighted by Gasteiger charge is -2.14. The van der Waals surface area contributed by atoms with Crippen molar-refractivity contribution in [3.8, 4) is 5.75 Å². The van der Waals surface area contributed by atoms with Gasteiger partial charge in [-0.3, -0.25) is 0 Å². The highest BCUT2D eigenvalue weighted by atomic mass is 32.1. The molecule has 0 aliphatic rings. The number of hydrogen-bond donors (Lipinski definition) is 1. The van der Waals surface area contributed by atoms with E-state index in [0.29, 0.717) is 0 Å². The molecule has 0 aliphatic heterocycles. The first-order valence-corrected chi connectivity index (χ1v) is 4.91. The van der Waals surface area contributed by atoms with Crippen LogP contribution in [0.3, 0.4) is 0 Å². The highest BCUT2D eigenvalue weighted by molar-refractivity contribution is 7.80. The third kappa shape index (κ3) is 2.19. The van der Waals surface area contributed by atoms with Gasteiger partial charge in [0.05, 0.1) is 7.11 Å². The van der Waals surface area contributed by atoms with E-state index in [1.807, 2.05) is 0 Å². The van der Waals surface area contributed by atoms with Crippen molar-refractivity contribution in [1.82, 2.24) is 0 Å². The van der Waals surface area contributed by atoms with E-state index in [-0.39, 0.29) is 5.25 Å². The van der Waals surface area contributed by atoms with Crippen LogP contribution in [-0.2, 0) is 0 Å². The zero-order valence-corrected chi connectivity index (χ0v) is 9.48. The molecule has 0 aromatic heterocycles. The number of benzene rings is 1. The molecule has 0 saturated heterocycles. The van der Waals surface area contributed by atoms with Crippen molar-refractivity contribution in [2.45, 2.75) is 26.0 Å². The van der Waals surface area contributed by atoms with Gasteiger partial charge < -0.3 is 4.74 Å². The molecule has 0 aliphatic carbocycles. The molecule has 0 heterocycles. The summed E-state index contributed by atoms with van der Waals surface area (Å²) >= 11 is 4.43. The fourth-order valence-electron chi connectivity index (χ4n) is 1.58. The van der Waals surface area contributed by atoms with Crippen LogP contribution in [0.25, 0.3) is 0 Å². The standard InChI is InChI=1S/C11H16OS/c1-7-5-8(2)11(12-4)10(6-7)9(3)13/h5-6,9,13H,1-4H3. The first-order valence-electron chi connectivity index (χ1n) is 4.39. The molecule has 1 aromatic rings. The molecule has 0 radical (unpaired) electrons. The Labute approximate surface area is 85.5 Å². The molecule has 1 unspecified atom stereocenters. The Hall–Kier alpha value is -0.630. The third-order valence-corrected chi connectivity index (χ3v) is 2.38. The maximum atomic E-state index is 5.34. The lowest BCUT2D eigenvalue weighted by Crippen LogP contribution is -1.96. The molecule has 0 spiro atoms. The summed E-state index contributed by atoms with van der Waals surface area (Å²) in [7, 11) is 1.71. The summed E-state index contributed by atoms with van der Waals surface area (Å²) in [5.41, 5.74) is 3.61. The van der Waals surface area contributed by atoms with Gasteiger partial charge in [-0.1, -0.05) is 17.7 Å². The van der Waals surface area contributed by atoms with Crippen molar-refractivity contribution in [1.29, 1.82) is 0 Å². The van der Waals surface area contributed by atoms with Crippen molar-refractivity contribution < 1.29 is 4.74 Å². The second kappa shape index (κ2) is 4.05. The third-order valence-electron chi connectivity index (χ3n) is 2.10. The van der Waals surface area contributed by atoms with Crippen LogP contribution in [0.1, 0.15) is 28.9 Å². The zero-order chi connectivity index (χ0) is 10.0. The smallest absolute Gasteiger partial charge is 0.126 e. The van der Waals surface area contributed by atoms with E-state index < -0.39 is 0 Å². The molecule has 0 bridgehead atoms. The van der Waals surface area contributed by atoms with Crippen molar-refractivity contribution in [2.24, 2.45) is 0 Å². The van der Waals surface area contributed by atoms with Gasteiger partial charge in [0, 0.05) is 10.8 Å². The van der Waals surface area contributed by atoms with E-state index >= 15 is 0 Å². The van der Waals surface area contributed by atoms with Crippen LogP contribution in [0.4, 0.5) is 0 Å². The predicted molar refractivity (Wildman–Crippen MR) is 59.9 cm³/mol. The van der Waals surface area contributed by atoms with Crippen molar-refractivity contribution in [3.63, 3.8) is 0 Å². The number of ether oxygens (including phenoxy) is 1. The summed E-state index contributed by atoms with van der Waals surface area (Å²) < 4.78 is 5.34. The Bertz CT molecular complexity index is 305. The SMILES string of the molecule is COc1c(C)cc(C)cc1C(C)S. The molecule has 0 N–H and O–H groups in total. The fourth-order valence-corrected chi connectivity index (χ4v) is 1.77. The Kier molecular flexibility index (Phi) is 3.26. The average molecular weight is 196 g/mol. The van der Waals surface area contributed by atoms with Gasteiger partial charge in [-0.05, 0) is 26.3 Å². The van der Waals surface area contributed by atoms with Crippen LogP contribution in [0.15, 0.2) is 12.1 Å². The van der Waals surface area contributed by atoms with Gasteiger partial charge in [-0.2, -0.15) is 12.6 Å². The van der Waals surface area contributed by atoms with Gasteiger partial charge in [-0.25, -0.2) is 0 Å². The quantitative estimate of drug-likeness (QED) is 0.714. The number of aryl methyl sites for hydroxylation is 2. The average Bonchev–Trinajstić information content (AvgIpc) is 2.02. The number of hydrogen-bond acceptors (Lipinski definition) is 2. The van der Waals surface area contributed by atoms with Crippen LogP contribution in [0, 0.1) is 13.8 Å². The topological polar surface area (TPSA) is 9.23 Å². The molecule has 2 heteroatoms. The van der Waals surface area contributed by atoms with E-state index in [0.717, 1.165) is 5.75 Å². The second-order valence-electron chi connectivity index (χ2n) is 3.38. The van der Waals surface area contributed by atoms with E-state index in [2.05, 4.69) is 45.5 Å². The molecular weight excluding hydrogens is 180 g/mol. The minimum Gasteiger partial charge on any atom is -0.496 e. The summed E-state index contributed by atoms with van der Waals surface area (Å²) in [5, 5.41) is 0.216. The van der Waals surface area contributed by atoms with E-state index in [9.17, 15) is 0 Å². The molecule has 0 amide bonds. The molecular formula is C11H16OS. The molecule has 1 atom stereocenters. The Balaban J connectivity index is 3.29. The van der Waals surface area contributed by atoms with Crippen LogP contribution in [0.5, 0.6) is 5.75 Å². The Morgan fingerprint density at radius 2 is 1.92 bits per heavy atom. The normalized spacial score (nSPS) is 12.7. The van der Waals surface area contributed by atoms with Gasteiger partial charge in [0.25, 0.3) is 0 Å². The van der Waals surface area contributed by atoms with E-state index in [1.54, 1.807) is 7.11 Å². The van der Waals surface area contributed by atoms with E-state index in [1.165, 1.54) is 16.7 Å². The van der Waals surface area contributed by atoms with Crippen LogP contribution < -0.4 is 4.74 Å². The number of thiol groups is 1. The second-order valence-corrected chi connectivity index (χ2v) is 4.15. The highest BCUT2D eigenvalue weighted by Crippen LogP contribution is 2.32. The van der Waals surface area contributed by atoms with Gasteiger partial charge in [-0.15, -0.1) is 0 Å². The molecule has 1 nitrogen and oxygen atoms in total. The minimum atomic E-state index is 0.216. The summed E-state index contributed by atoms with van der Waals surface area (Å²) in [5.74, 6) is 0.966. The fraction of sp³-hybridized carbons (Fsp3) is 0.455. The van der Waals surface area contributed by atoms with Crippen LogP contribution in [-0.4, -0.2) is 7.11 Å². The maximum absolute atomic E-state index is 5.34. The van der Waals surface area contributed by atoms with Gasteiger partial charge >= 0.3 is 0 Å². The molecule has 13 heavy (non-hydrogen) atoms.